The van der Waals surface area contributed by atoms with E-state index < -0.39 is 0 Å². The largest absolute Gasteiger partial charge is 0.493 e. The average molecular weight is 435 g/mol. The van der Waals surface area contributed by atoms with E-state index in [1.165, 1.54) is 12.1 Å². The van der Waals surface area contributed by atoms with E-state index in [9.17, 15) is 9.18 Å². The number of halogens is 1. The number of benzene rings is 3. The fourth-order valence-corrected chi connectivity index (χ4v) is 4.08. The van der Waals surface area contributed by atoms with Gasteiger partial charge in [-0.05, 0) is 59.5 Å². The monoisotopic (exact) mass is 435 g/mol. The highest BCUT2D eigenvalue weighted by Gasteiger charge is 2.32. The van der Waals surface area contributed by atoms with Crippen LogP contribution in [0.3, 0.4) is 0 Å². The van der Waals surface area contributed by atoms with Crippen molar-refractivity contribution in [2.24, 2.45) is 0 Å². The summed E-state index contributed by atoms with van der Waals surface area (Å²) in [6.07, 6.45) is 1.03. The molecule has 6 heteroatoms. The zero-order valence-electron chi connectivity index (χ0n) is 18.2. The first-order valence-electron chi connectivity index (χ1n) is 10.6. The predicted molar refractivity (Wildman–Crippen MR) is 120 cm³/mol. The topological polar surface area (TPSA) is 48.0 Å². The molecule has 1 amide bonds. The number of ether oxygens (including phenoxy) is 3. The summed E-state index contributed by atoms with van der Waals surface area (Å²) in [4.78, 5) is 15.2. The third-order valence-electron chi connectivity index (χ3n) is 5.74. The number of hydrogen-bond donors (Lipinski definition) is 0. The number of carbonyl (C=O) groups is 1. The van der Waals surface area contributed by atoms with Gasteiger partial charge >= 0.3 is 0 Å². The molecule has 5 nitrogen and oxygen atoms in total. The summed E-state index contributed by atoms with van der Waals surface area (Å²) in [5, 5.41) is 0. The minimum absolute atomic E-state index is 0.0318. The van der Waals surface area contributed by atoms with Crippen LogP contribution in [-0.4, -0.2) is 38.2 Å². The summed E-state index contributed by atoms with van der Waals surface area (Å²) < 4.78 is 30.2. The molecule has 3 aromatic rings. The molecule has 1 aliphatic heterocycles. The number of amides is 1. The van der Waals surface area contributed by atoms with Crippen LogP contribution < -0.4 is 14.2 Å². The standard InChI is InChI=1S/C26H26FNO4/c1-30-24-15-19-12-13-28(26(29)14-18-6-4-3-5-7-18)23(22(19)16-25(24)31-2)17-32-21-10-8-20(27)9-11-21/h3-11,15-16,23H,12-14,17H2,1-2H3. The van der Waals surface area contributed by atoms with Crippen molar-refractivity contribution >= 4 is 5.91 Å². The molecular formula is C26H26FNO4. The van der Waals surface area contributed by atoms with Crippen LogP contribution in [0.1, 0.15) is 22.7 Å². The molecule has 1 aliphatic rings. The lowest BCUT2D eigenvalue weighted by Gasteiger charge is -2.37. The van der Waals surface area contributed by atoms with Crippen LogP contribution in [-0.2, 0) is 17.6 Å². The lowest BCUT2D eigenvalue weighted by atomic mass is 9.91. The van der Waals surface area contributed by atoms with Crippen molar-refractivity contribution < 1.29 is 23.4 Å². The van der Waals surface area contributed by atoms with E-state index in [0.717, 1.165) is 16.7 Å². The molecule has 0 saturated carbocycles. The zero-order chi connectivity index (χ0) is 22.5. The number of hydrogen-bond acceptors (Lipinski definition) is 4. The average Bonchev–Trinajstić information content (AvgIpc) is 2.83. The summed E-state index contributed by atoms with van der Waals surface area (Å²) in [5.41, 5.74) is 3.03. The molecule has 0 aliphatic carbocycles. The Hall–Kier alpha value is -3.54. The Morgan fingerprint density at radius 2 is 1.69 bits per heavy atom. The first-order valence-corrected chi connectivity index (χ1v) is 10.6. The van der Waals surface area contributed by atoms with Gasteiger partial charge in [-0.1, -0.05) is 30.3 Å². The number of rotatable bonds is 7. The Balaban J connectivity index is 1.64. The number of methoxy groups -OCH3 is 2. The normalized spacial score (nSPS) is 15.1. The van der Waals surface area contributed by atoms with Gasteiger partial charge in [0, 0.05) is 6.54 Å². The van der Waals surface area contributed by atoms with E-state index >= 15 is 0 Å². The lowest BCUT2D eigenvalue weighted by molar-refractivity contribution is -0.134. The van der Waals surface area contributed by atoms with Crippen LogP contribution in [0.2, 0.25) is 0 Å². The predicted octanol–water partition coefficient (Wildman–Crippen LogP) is 4.59. The second kappa shape index (κ2) is 9.73. The van der Waals surface area contributed by atoms with Crippen LogP contribution >= 0.6 is 0 Å². The molecule has 0 fully saturated rings. The maximum atomic E-state index is 13.3. The summed E-state index contributed by atoms with van der Waals surface area (Å²) in [6.45, 7) is 0.820. The Bertz CT molecular complexity index is 1070. The maximum absolute atomic E-state index is 13.3. The van der Waals surface area contributed by atoms with Gasteiger partial charge in [0.05, 0.1) is 26.7 Å². The van der Waals surface area contributed by atoms with Crippen LogP contribution in [0.5, 0.6) is 17.2 Å². The summed E-state index contributed by atoms with van der Waals surface area (Å²) >= 11 is 0. The van der Waals surface area contributed by atoms with Gasteiger partial charge in [-0.15, -0.1) is 0 Å². The molecule has 0 radical (unpaired) electrons. The molecular weight excluding hydrogens is 409 g/mol. The Morgan fingerprint density at radius 1 is 1.00 bits per heavy atom. The van der Waals surface area contributed by atoms with Gasteiger partial charge in [-0.3, -0.25) is 4.79 Å². The van der Waals surface area contributed by atoms with Crippen molar-refractivity contribution in [1.29, 1.82) is 0 Å². The van der Waals surface area contributed by atoms with Gasteiger partial charge in [0.25, 0.3) is 0 Å². The molecule has 1 atom stereocenters. The molecule has 0 aromatic heterocycles. The molecule has 1 unspecified atom stereocenters. The number of fused-ring (bicyclic) bond motifs is 1. The van der Waals surface area contributed by atoms with Crippen molar-refractivity contribution in [3.8, 4) is 17.2 Å². The van der Waals surface area contributed by atoms with E-state index in [1.54, 1.807) is 26.4 Å². The maximum Gasteiger partial charge on any atom is 0.227 e. The highest BCUT2D eigenvalue weighted by molar-refractivity contribution is 5.79. The Labute approximate surface area is 187 Å². The SMILES string of the molecule is COc1cc2c(cc1OC)C(COc1ccc(F)cc1)N(C(=O)Cc1ccccc1)CC2. The first-order chi connectivity index (χ1) is 15.6. The molecule has 166 valence electrons. The van der Waals surface area contributed by atoms with E-state index in [1.807, 2.05) is 47.4 Å². The minimum atomic E-state index is -0.322. The van der Waals surface area contributed by atoms with Gasteiger partial charge in [-0.2, -0.15) is 0 Å². The van der Waals surface area contributed by atoms with Gasteiger partial charge < -0.3 is 19.1 Å². The van der Waals surface area contributed by atoms with Gasteiger partial charge in [-0.25, -0.2) is 4.39 Å². The van der Waals surface area contributed by atoms with Crippen molar-refractivity contribution in [2.45, 2.75) is 18.9 Å². The molecule has 32 heavy (non-hydrogen) atoms. The van der Waals surface area contributed by atoms with Crippen LogP contribution in [0.15, 0.2) is 66.7 Å². The van der Waals surface area contributed by atoms with Crippen molar-refractivity contribution in [1.82, 2.24) is 4.90 Å². The molecule has 0 saturated heterocycles. The molecule has 0 N–H and O–H groups in total. The second-order valence-corrected chi connectivity index (χ2v) is 7.69. The fraction of sp³-hybridized carbons (Fsp3) is 0.269. The Morgan fingerprint density at radius 3 is 2.38 bits per heavy atom. The number of carbonyl (C=O) groups excluding carboxylic acids is 1. The first kappa shape index (κ1) is 21.7. The van der Waals surface area contributed by atoms with E-state index in [2.05, 4.69) is 0 Å². The minimum Gasteiger partial charge on any atom is -0.493 e. The second-order valence-electron chi connectivity index (χ2n) is 7.69. The number of nitrogens with zero attached hydrogens (tertiary/aromatic N) is 1. The van der Waals surface area contributed by atoms with Gasteiger partial charge in [0.2, 0.25) is 5.91 Å². The van der Waals surface area contributed by atoms with Crippen LogP contribution in [0.4, 0.5) is 4.39 Å². The van der Waals surface area contributed by atoms with Crippen molar-refractivity contribution in [3.05, 3.63) is 89.2 Å². The lowest BCUT2D eigenvalue weighted by Crippen LogP contribution is -2.43. The molecule has 0 spiro atoms. The van der Waals surface area contributed by atoms with Crippen molar-refractivity contribution in [2.75, 3.05) is 27.4 Å². The molecule has 3 aromatic carbocycles. The molecule has 0 bridgehead atoms. The van der Waals surface area contributed by atoms with E-state index in [0.29, 0.717) is 36.6 Å². The van der Waals surface area contributed by atoms with E-state index in [4.69, 9.17) is 14.2 Å². The summed E-state index contributed by atoms with van der Waals surface area (Å²) in [5.74, 6) is 1.53. The molecule has 1 heterocycles. The highest BCUT2D eigenvalue weighted by atomic mass is 19.1. The third-order valence-corrected chi connectivity index (χ3v) is 5.74. The highest BCUT2D eigenvalue weighted by Crippen LogP contribution is 2.38. The van der Waals surface area contributed by atoms with Crippen molar-refractivity contribution in [3.63, 3.8) is 0 Å². The van der Waals surface area contributed by atoms with Gasteiger partial charge in [0.15, 0.2) is 11.5 Å². The van der Waals surface area contributed by atoms with E-state index in [-0.39, 0.29) is 24.4 Å². The third kappa shape index (κ3) is 4.69. The summed E-state index contributed by atoms with van der Waals surface area (Å²) in [7, 11) is 3.20. The fourth-order valence-electron chi connectivity index (χ4n) is 4.08. The summed E-state index contributed by atoms with van der Waals surface area (Å²) in [6, 6.07) is 19.2. The van der Waals surface area contributed by atoms with Crippen LogP contribution in [0.25, 0.3) is 0 Å². The van der Waals surface area contributed by atoms with Crippen LogP contribution in [0, 0.1) is 5.82 Å². The zero-order valence-corrected chi connectivity index (χ0v) is 18.2. The quantitative estimate of drug-likeness (QED) is 0.545. The Kier molecular flexibility index (Phi) is 6.59. The molecule has 4 rings (SSSR count). The van der Waals surface area contributed by atoms with Gasteiger partial charge in [0.1, 0.15) is 18.2 Å². The smallest absolute Gasteiger partial charge is 0.227 e.